The lowest BCUT2D eigenvalue weighted by Gasteiger charge is -2.04. The smallest absolute Gasteiger partial charge is 0.212 e. The summed E-state index contributed by atoms with van der Waals surface area (Å²) in [6, 6.07) is 10.7. The van der Waals surface area contributed by atoms with Crippen LogP contribution in [0.4, 0.5) is 16.0 Å². The second-order valence-electron chi connectivity index (χ2n) is 8.62. The number of hydrogen-bond acceptors (Lipinski definition) is 5. The maximum absolute atomic E-state index is 12.7. The molecule has 2 aliphatic carbocycles. The number of aromatic nitrogens is 4. The van der Waals surface area contributed by atoms with Gasteiger partial charge >= 0.3 is 0 Å². The summed E-state index contributed by atoms with van der Waals surface area (Å²) in [6.07, 6.45) is 11.1. The lowest BCUT2D eigenvalue weighted by atomic mass is 10.1. The Morgan fingerprint density at radius 3 is 2.50 bits per heavy atom. The summed E-state index contributed by atoms with van der Waals surface area (Å²) < 4.78 is 14.8. The molecule has 3 aromatic heterocycles. The van der Waals surface area contributed by atoms with Gasteiger partial charge in [0.15, 0.2) is 0 Å². The molecule has 2 saturated carbocycles. The fourth-order valence-corrected chi connectivity index (χ4v) is 4.04. The number of nitrogens with one attached hydrogen (secondary N) is 2. The summed E-state index contributed by atoms with van der Waals surface area (Å²) >= 11 is 5.68. The molecule has 0 spiro atoms. The molecule has 2 aliphatic rings. The van der Waals surface area contributed by atoms with Crippen LogP contribution < -0.4 is 10.6 Å². The number of halogens is 2. The Morgan fingerprint density at radius 1 is 1.00 bits per heavy atom. The minimum absolute atomic E-state index is 0.223. The molecule has 1 amide bonds. The van der Waals surface area contributed by atoms with Crippen molar-refractivity contribution in [1.29, 1.82) is 0 Å². The molecule has 0 radical (unpaired) electrons. The number of imidazole rings is 1. The maximum atomic E-state index is 12.7. The second-order valence-corrected chi connectivity index (χ2v) is 9.05. The molecule has 4 aromatic rings. The highest BCUT2D eigenvalue weighted by Crippen LogP contribution is 2.41. The number of amides is 1. The first-order valence-electron chi connectivity index (χ1n) is 11.3. The average molecular weight is 479 g/mol. The van der Waals surface area contributed by atoms with Gasteiger partial charge in [-0.1, -0.05) is 17.7 Å². The Morgan fingerprint density at radius 2 is 1.76 bits per heavy atom. The quantitative estimate of drug-likeness (QED) is 0.341. The fourth-order valence-electron chi connectivity index (χ4n) is 3.81. The molecular formula is C25H24ClFN6O. The predicted molar refractivity (Wildman–Crippen MR) is 130 cm³/mol. The van der Waals surface area contributed by atoms with Crippen LogP contribution in [0.1, 0.15) is 54.3 Å². The van der Waals surface area contributed by atoms with E-state index in [9.17, 15) is 9.18 Å². The maximum Gasteiger partial charge on any atom is 0.212 e. The number of pyridine rings is 1. The van der Waals surface area contributed by atoms with Crippen molar-refractivity contribution in [1.82, 2.24) is 19.4 Å². The van der Waals surface area contributed by atoms with Crippen molar-refractivity contribution in [3.05, 3.63) is 82.8 Å². The highest BCUT2D eigenvalue weighted by molar-refractivity contribution is 6.30. The van der Waals surface area contributed by atoms with Crippen molar-refractivity contribution in [3.8, 4) is 0 Å². The van der Waals surface area contributed by atoms with Crippen molar-refractivity contribution in [3.63, 3.8) is 0 Å². The molecule has 6 rings (SSSR count). The van der Waals surface area contributed by atoms with E-state index < -0.39 is 0 Å². The minimum Gasteiger partial charge on any atom is -0.364 e. The first-order chi connectivity index (χ1) is 16.6. The van der Waals surface area contributed by atoms with E-state index in [4.69, 9.17) is 11.6 Å². The Balaban J connectivity index is 0.000000183. The Kier molecular flexibility index (Phi) is 6.40. The van der Waals surface area contributed by atoms with Gasteiger partial charge in [-0.15, -0.1) is 0 Å². The summed E-state index contributed by atoms with van der Waals surface area (Å²) in [4.78, 5) is 23.1. The lowest BCUT2D eigenvalue weighted by Crippen LogP contribution is -2.04. The molecule has 0 saturated heterocycles. The third-order valence-corrected chi connectivity index (χ3v) is 6.05. The van der Waals surface area contributed by atoms with E-state index in [1.54, 1.807) is 12.1 Å². The molecule has 0 aliphatic heterocycles. The van der Waals surface area contributed by atoms with Crippen molar-refractivity contribution in [2.24, 2.45) is 0 Å². The van der Waals surface area contributed by atoms with Crippen molar-refractivity contribution < 1.29 is 9.18 Å². The van der Waals surface area contributed by atoms with Crippen molar-refractivity contribution in [2.45, 2.75) is 44.1 Å². The van der Waals surface area contributed by atoms with Gasteiger partial charge < -0.3 is 15.0 Å². The second kappa shape index (κ2) is 9.77. The number of benzene rings is 1. The van der Waals surface area contributed by atoms with Crippen LogP contribution in [0.15, 0.2) is 55.1 Å². The van der Waals surface area contributed by atoms with Gasteiger partial charge in [-0.25, -0.2) is 19.3 Å². The SMILES string of the molecule is Fc1cc(Cl)cc(C2CC2)c1.O=CNc1cc(NCc2cn3cc(C4CC4)ccc3n2)ncn1. The molecule has 3 heterocycles. The fraction of sp³-hybridized carbons (Fsp3) is 0.280. The zero-order valence-corrected chi connectivity index (χ0v) is 19.2. The number of fused-ring (bicyclic) bond motifs is 1. The Labute approximate surface area is 201 Å². The van der Waals surface area contributed by atoms with Crippen LogP contribution in [-0.2, 0) is 11.3 Å². The van der Waals surface area contributed by atoms with E-state index in [1.807, 2.05) is 12.3 Å². The van der Waals surface area contributed by atoms with Crippen molar-refractivity contribution >= 4 is 35.3 Å². The van der Waals surface area contributed by atoms with Gasteiger partial charge in [0, 0.05) is 23.5 Å². The minimum atomic E-state index is -0.223. The van der Waals surface area contributed by atoms with E-state index in [0.717, 1.165) is 22.8 Å². The summed E-state index contributed by atoms with van der Waals surface area (Å²) in [5.41, 5.74) is 4.31. The van der Waals surface area contributed by atoms with Gasteiger partial charge in [-0.05, 0) is 72.9 Å². The Hall–Kier alpha value is -3.52. The molecule has 0 bridgehead atoms. The zero-order valence-electron chi connectivity index (χ0n) is 18.4. The van der Waals surface area contributed by atoms with E-state index in [2.05, 4.69) is 48.3 Å². The van der Waals surface area contributed by atoms with Gasteiger partial charge in [0.1, 0.15) is 29.4 Å². The standard InChI is InChI=1S/C16H16N6O.C9H8ClF/c23-10-20-15-5-14(18-9-19-15)17-6-13-8-22-7-12(11-1-2-11)3-4-16(22)21-13;10-8-3-7(6-1-2-6)4-9(11)5-8/h3-5,7-11H,1-2,6H2,(H2,17,18,19,20,23);3-6H,1-2H2. The number of carbonyl (C=O) groups is 1. The van der Waals surface area contributed by atoms with E-state index in [0.29, 0.717) is 35.5 Å². The summed E-state index contributed by atoms with van der Waals surface area (Å²) in [5.74, 6) is 2.18. The molecular weight excluding hydrogens is 455 g/mol. The normalized spacial score (nSPS) is 14.9. The first-order valence-corrected chi connectivity index (χ1v) is 11.6. The summed E-state index contributed by atoms with van der Waals surface area (Å²) in [6.45, 7) is 0.554. The number of rotatable bonds is 7. The van der Waals surface area contributed by atoms with Crippen molar-refractivity contribution in [2.75, 3.05) is 10.6 Å². The van der Waals surface area contributed by atoms with Gasteiger partial charge in [0.25, 0.3) is 0 Å². The number of hydrogen-bond donors (Lipinski definition) is 2. The highest BCUT2D eigenvalue weighted by atomic mass is 35.5. The largest absolute Gasteiger partial charge is 0.364 e. The third-order valence-electron chi connectivity index (χ3n) is 5.83. The molecule has 174 valence electrons. The zero-order chi connectivity index (χ0) is 23.5. The van der Waals surface area contributed by atoms with Crippen LogP contribution in [0.2, 0.25) is 5.02 Å². The molecule has 0 atom stereocenters. The van der Waals surface area contributed by atoms with Crippen LogP contribution >= 0.6 is 11.6 Å². The van der Waals surface area contributed by atoms with Gasteiger partial charge in [-0.2, -0.15) is 0 Å². The number of anilines is 2. The number of nitrogens with zero attached hydrogens (tertiary/aromatic N) is 4. The molecule has 1 aromatic carbocycles. The van der Waals surface area contributed by atoms with Crippen LogP contribution in [-0.4, -0.2) is 25.8 Å². The average Bonchev–Trinajstić information content (AvgIpc) is 3.74. The monoisotopic (exact) mass is 478 g/mol. The Bertz CT molecular complexity index is 1300. The van der Waals surface area contributed by atoms with Gasteiger partial charge in [-0.3, -0.25) is 4.79 Å². The molecule has 7 nitrogen and oxygen atoms in total. The van der Waals surface area contributed by atoms with Gasteiger partial charge in [0.05, 0.1) is 12.2 Å². The molecule has 2 N–H and O–H groups in total. The van der Waals surface area contributed by atoms with E-state index in [-0.39, 0.29) is 5.82 Å². The van der Waals surface area contributed by atoms with Crippen LogP contribution in [0, 0.1) is 5.82 Å². The van der Waals surface area contributed by atoms with Crippen LogP contribution in [0.3, 0.4) is 0 Å². The molecule has 34 heavy (non-hydrogen) atoms. The molecule has 0 unspecified atom stereocenters. The summed E-state index contributed by atoms with van der Waals surface area (Å²) in [7, 11) is 0. The lowest BCUT2D eigenvalue weighted by molar-refractivity contribution is -0.105. The first kappa shape index (κ1) is 22.3. The number of carbonyl (C=O) groups excluding carboxylic acids is 1. The predicted octanol–water partition coefficient (Wildman–Crippen LogP) is 5.54. The highest BCUT2D eigenvalue weighted by Gasteiger charge is 2.24. The molecule has 9 heteroatoms. The van der Waals surface area contributed by atoms with E-state index in [1.165, 1.54) is 43.6 Å². The van der Waals surface area contributed by atoms with Crippen LogP contribution in [0.5, 0.6) is 0 Å². The molecule has 2 fully saturated rings. The third kappa shape index (κ3) is 5.69. The van der Waals surface area contributed by atoms with Gasteiger partial charge in [0.2, 0.25) is 6.41 Å². The summed E-state index contributed by atoms with van der Waals surface area (Å²) in [5, 5.41) is 6.19. The van der Waals surface area contributed by atoms with Crippen LogP contribution in [0.25, 0.3) is 5.65 Å². The topological polar surface area (TPSA) is 84.2 Å². The van der Waals surface area contributed by atoms with E-state index >= 15 is 0 Å².